The van der Waals surface area contributed by atoms with E-state index in [4.69, 9.17) is 4.98 Å². The van der Waals surface area contributed by atoms with E-state index in [-0.39, 0.29) is 0 Å². The third kappa shape index (κ3) is 2.94. The molecule has 1 N–H and O–H groups in total. The molecular formula is C19H27N5S. The van der Waals surface area contributed by atoms with Gasteiger partial charge in [0.15, 0.2) is 0 Å². The van der Waals surface area contributed by atoms with Crippen molar-refractivity contribution in [3.63, 3.8) is 0 Å². The summed E-state index contributed by atoms with van der Waals surface area (Å²) in [5.41, 5.74) is 1.93. The zero-order valence-electron chi connectivity index (χ0n) is 15.0. The van der Waals surface area contributed by atoms with Crippen LogP contribution in [0.3, 0.4) is 0 Å². The highest BCUT2D eigenvalue weighted by molar-refractivity contribution is 7.11. The highest BCUT2D eigenvalue weighted by Crippen LogP contribution is 2.56. The van der Waals surface area contributed by atoms with Gasteiger partial charge in [-0.2, -0.15) is 0 Å². The maximum Gasteiger partial charge on any atom is 0.122 e. The van der Waals surface area contributed by atoms with Gasteiger partial charge in [0.05, 0.1) is 18.8 Å². The molecule has 2 aromatic heterocycles. The first-order chi connectivity index (χ1) is 12.2. The van der Waals surface area contributed by atoms with Crippen LogP contribution in [0.4, 0.5) is 0 Å². The quantitative estimate of drug-likeness (QED) is 0.893. The smallest absolute Gasteiger partial charge is 0.122 e. The van der Waals surface area contributed by atoms with E-state index in [9.17, 15) is 0 Å². The van der Waals surface area contributed by atoms with Crippen LogP contribution in [0.25, 0.3) is 0 Å². The molecule has 1 spiro atoms. The van der Waals surface area contributed by atoms with Crippen LogP contribution in [0.2, 0.25) is 0 Å². The molecule has 6 heteroatoms. The number of nitrogens with one attached hydrogen (secondary N) is 1. The molecule has 1 aliphatic heterocycles. The predicted molar refractivity (Wildman–Crippen MR) is 99.5 cm³/mol. The number of rotatable bonds is 5. The topological polar surface area (TPSA) is 46.0 Å². The Kier molecular flexibility index (Phi) is 3.95. The molecule has 0 radical (unpaired) electrons. The van der Waals surface area contributed by atoms with Crippen molar-refractivity contribution in [2.24, 2.45) is 12.5 Å². The lowest BCUT2D eigenvalue weighted by Crippen LogP contribution is -2.36. The van der Waals surface area contributed by atoms with Gasteiger partial charge in [0.1, 0.15) is 10.8 Å². The molecule has 0 unspecified atom stereocenters. The van der Waals surface area contributed by atoms with Gasteiger partial charge in [0, 0.05) is 30.4 Å². The molecule has 0 aromatic carbocycles. The molecule has 134 valence electrons. The van der Waals surface area contributed by atoms with E-state index in [0.717, 1.165) is 13.1 Å². The van der Waals surface area contributed by atoms with Crippen LogP contribution in [0.15, 0.2) is 12.4 Å². The molecule has 3 aliphatic rings. The van der Waals surface area contributed by atoms with Crippen LogP contribution >= 0.6 is 11.3 Å². The number of fused-ring (bicyclic) bond motifs is 1. The van der Waals surface area contributed by atoms with Gasteiger partial charge in [-0.15, -0.1) is 11.3 Å². The minimum Gasteiger partial charge on any atom is -0.337 e. The normalized spacial score (nSPS) is 24.2. The first-order valence-electron chi connectivity index (χ1n) is 9.62. The zero-order valence-corrected chi connectivity index (χ0v) is 15.8. The number of nitrogens with zero attached hydrogens (tertiary/aromatic N) is 4. The summed E-state index contributed by atoms with van der Waals surface area (Å²) in [6.07, 6.45) is 11.7. The molecule has 1 saturated carbocycles. The molecule has 1 saturated heterocycles. The molecule has 1 atom stereocenters. The van der Waals surface area contributed by atoms with Gasteiger partial charge in [-0.3, -0.25) is 4.90 Å². The number of imidazole rings is 1. The first-order valence-corrected chi connectivity index (χ1v) is 10.4. The summed E-state index contributed by atoms with van der Waals surface area (Å²) < 4.78 is 2.16. The predicted octanol–water partition coefficient (Wildman–Crippen LogP) is 2.51. The van der Waals surface area contributed by atoms with Gasteiger partial charge in [-0.1, -0.05) is 0 Å². The van der Waals surface area contributed by atoms with Crippen molar-refractivity contribution in [2.45, 2.75) is 57.7 Å². The van der Waals surface area contributed by atoms with E-state index in [1.807, 2.05) is 17.5 Å². The Labute approximate surface area is 153 Å². The summed E-state index contributed by atoms with van der Waals surface area (Å²) in [5, 5.41) is 4.84. The fourth-order valence-electron chi connectivity index (χ4n) is 4.80. The number of aryl methyl sites for hydroxylation is 3. The molecule has 2 aliphatic carbocycles. The summed E-state index contributed by atoms with van der Waals surface area (Å²) >= 11 is 1.96. The molecule has 3 heterocycles. The average Bonchev–Trinajstić information content (AvgIpc) is 2.97. The van der Waals surface area contributed by atoms with E-state index < -0.39 is 0 Å². The van der Waals surface area contributed by atoms with E-state index in [2.05, 4.69) is 33.0 Å². The highest BCUT2D eigenvalue weighted by Gasteiger charge is 2.56. The standard InChI is InChI=1S/C19H27N5S/c1-23-10-9-21-17(23)12-24(16-11-19(16)5-7-20-8-6-19)13-18-22-14-3-2-4-15(14)25-18/h9-10,16,20H,2-8,11-13H2,1H3/t16-/m0/s1. The lowest BCUT2D eigenvalue weighted by molar-refractivity contribution is 0.182. The van der Waals surface area contributed by atoms with Crippen LogP contribution in [0.5, 0.6) is 0 Å². The Hall–Kier alpha value is -1.24. The lowest BCUT2D eigenvalue weighted by Gasteiger charge is -2.29. The van der Waals surface area contributed by atoms with Crippen molar-refractivity contribution in [3.05, 3.63) is 33.8 Å². The van der Waals surface area contributed by atoms with Crippen molar-refractivity contribution < 1.29 is 0 Å². The van der Waals surface area contributed by atoms with Crippen LogP contribution in [0, 0.1) is 5.41 Å². The largest absolute Gasteiger partial charge is 0.337 e. The monoisotopic (exact) mass is 357 g/mol. The van der Waals surface area contributed by atoms with Crippen LogP contribution in [-0.4, -0.2) is 38.6 Å². The van der Waals surface area contributed by atoms with Gasteiger partial charge in [0.25, 0.3) is 0 Å². The number of piperidine rings is 1. The molecule has 5 rings (SSSR count). The van der Waals surface area contributed by atoms with E-state index in [1.54, 1.807) is 4.88 Å². The van der Waals surface area contributed by atoms with Gasteiger partial charge in [0.2, 0.25) is 0 Å². The first kappa shape index (κ1) is 16.0. The number of aromatic nitrogens is 3. The summed E-state index contributed by atoms with van der Waals surface area (Å²) in [6, 6.07) is 0.699. The summed E-state index contributed by atoms with van der Waals surface area (Å²) in [7, 11) is 2.10. The van der Waals surface area contributed by atoms with Gasteiger partial charge >= 0.3 is 0 Å². The Morgan fingerprint density at radius 1 is 1.32 bits per heavy atom. The van der Waals surface area contributed by atoms with E-state index >= 15 is 0 Å². The zero-order chi connectivity index (χ0) is 16.9. The summed E-state index contributed by atoms with van der Waals surface area (Å²) in [4.78, 5) is 13.8. The third-order valence-corrected chi connectivity index (χ3v) is 7.57. The second kappa shape index (κ2) is 6.18. The van der Waals surface area contributed by atoms with Gasteiger partial charge in [-0.25, -0.2) is 9.97 Å². The Morgan fingerprint density at radius 2 is 2.20 bits per heavy atom. The van der Waals surface area contributed by atoms with Crippen molar-refractivity contribution in [2.75, 3.05) is 13.1 Å². The third-order valence-electron chi connectivity index (χ3n) is 6.43. The number of hydrogen-bond donors (Lipinski definition) is 1. The fraction of sp³-hybridized carbons (Fsp3) is 0.684. The van der Waals surface area contributed by atoms with Crippen molar-refractivity contribution in [1.29, 1.82) is 0 Å². The molecule has 0 amide bonds. The van der Waals surface area contributed by atoms with Crippen LogP contribution in [-0.2, 0) is 33.0 Å². The maximum atomic E-state index is 4.96. The second-order valence-corrected chi connectivity index (χ2v) is 9.19. The molecule has 25 heavy (non-hydrogen) atoms. The van der Waals surface area contributed by atoms with Crippen molar-refractivity contribution in [1.82, 2.24) is 24.8 Å². The minimum absolute atomic E-state index is 0.552. The highest BCUT2D eigenvalue weighted by atomic mass is 32.1. The van der Waals surface area contributed by atoms with E-state index in [0.29, 0.717) is 11.5 Å². The Bertz CT molecular complexity index is 736. The lowest BCUT2D eigenvalue weighted by atomic mass is 9.93. The molecule has 2 fully saturated rings. The van der Waals surface area contributed by atoms with Gasteiger partial charge in [-0.05, 0) is 57.0 Å². The van der Waals surface area contributed by atoms with Crippen molar-refractivity contribution in [3.8, 4) is 0 Å². The Morgan fingerprint density at radius 3 is 2.96 bits per heavy atom. The van der Waals surface area contributed by atoms with Gasteiger partial charge < -0.3 is 9.88 Å². The minimum atomic E-state index is 0.552. The van der Waals surface area contributed by atoms with Crippen molar-refractivity contribution >= 4 is 11.3 Å². The fourth-order valence-corrected chi connectivity index (χ4v) is 5.98. The second-order valence-electron chi connectivity index (χ2n) is 8.02. The summed E-state index contributed by atoms with van der Waals surface area (Å²) in [5.74, 6) is 1.17. The van der Waals surface area contributed by atoms with E-state index in [1.165, 1.54) is 68.1 Å². The Balaban J connectivity index is 1.37. The molecular weight excluding hydrogens is 330 g/mol. The SMILES string of the molecule is Cn1ccnc1CN(Cc1nc2c(s1)CCC2)[C@H]1CC12CCNCC2. The maximum absolute atomic E-state index is 4.96. The number of hydrogen-bond acceptors (Lipinski definition) is 5. The number of thiazole rings is 1. The van der Waals surface area contributed by atoms with Crippen LogP contribution in [0.1, 0.15) is 47.1 Å². The summed E-state index contributed by atoms with van der Waals surface area (Å²) in [6.45, 7) is 4.29. The van der Waals surface area contributed by atoms with Crippen LogP contribution < -0.4 is 5.32 Å². The molecule has 5 nitrogen and oxygen atoms in total. The molecule has 2 aromatic rings. The average molecular weight is 358 g/mol. The molecule has 0 bridgehead atoms.